The van der Waals surface area contributed by atoms with E-state index in [0.717, 1.165) is 4.74 Å². The molecule has 0 spiro atoms. The molecule has 0 aliphatic carbocycles. The van der Waals surface area contributed by atoms with Gasteiger partial charge < -0.3 is 14.7 Å². The van der Waals surface area contributed by atoms with Crippen LogP contribution in [0.5, 0.6) is 0 Å². The third-order valence-corrected chi connectivity index (χ3v) is 4.28. The monoisotopic (exact) mass is 343 g/mol. The van der Waals surface area contributed by atoms with Crippen LogP contribution in [0.15, 0.2) is 24.3 Å². The second kappa shape index (κ2) is 4.79. The van der Waals surface area contributed by atoms with Crippen LogP contribution in [0.25, 0.3) is 0 Å². The summed E-state index contributed by atoms with van der Waals surface area (Å²) in [6, 6.07) is 5.53. The van der Waals surface area contributed by atoms with E-state index in [0.29, 0.717) is 16.6 Å². The van der Waals surface area contributed by atoms with Gasteiger partial charge >= 0.3 is 0 Å². The van der Waals surface area contributed by atoms with E-state index in [1.165, 1.54) is 12.1 Å². The van der Waals surface area contributed by atoms with Gasteiger partial charge in [-0.25, -0.2) is 4.39 Å². The Kier molecular flexibility index (Phi) is 3.35. The Morgan fingerprint density at radius 3 is 2.55 bits per heavy atom. The van der Waals surface area contributed by atoms with Crippen molar-refractivity contribution in [2.45, 2.75) is 37.9 Å². The van der Waals surface area contributed by atoms with Crippen LogP contribution >= 0.6 is 15.9 Å². The Morgan fingerprint density at radius 1 is 1.30 bits per heavy atom. The molecule has 0 N–H and O–H groups in total. The molecule has 0 unspecified atom stereocenters. The molecule has 0 bridgehead atoms. The molecule has 3 atom stereocenters. The zero-order chi connectivity index (χ0) is 14.5. The van der Waals surface area contributed by atoms with E-state index < -0.39 is 11.9 Å². The Hall–Kier alpha value is -0.980. The summed E-state index contributed by atoms with van der Waals surface area (Å²) in [5.41, 5.74) is 1.17. The van der Waals surface area contributed by atoms with Crippen LogP contribution < -0.4 is 0 Å². The molecule has 4 nitrogen and oxygen atoms in total. The number of fused-ring (bicyclic) bond motifs is 1. The summed E-state index contributed by atoms with van der Waals surface area (Å²) < 4.78 is 25.7. The third-order valence-electron chi connectivity index (χ3n) is 3.61. The van der Waals surface area contributed by atoms with Gasteiger partial charge in [-0.05, 0) is 38.1 Å². The quantitative estimate of drug-likeness (QED) is 0.470. The van der Waals surface area contributed by atoms with E-state index in [4.69, 9.17) is 9.47 Å². The molecule has 0 aromatic heterocycles. The zero-order valence-corrected chi connectivity index (χ0v) is 12.8. The number of halogens is 2. The maximum absolute atomic E-state index is 13.0. The van der Waals surface area contributed by atoms with Gasteiger partial charge in [0.05, 0.1) is 5.33 Å². The number of hydrogen-bond acceptors (Lipinski definition) is 3. The lowest BCUT2D eigenvalue weighted by Gasteiger charge is -2.21. The van der Waals surface area contributed by atoms with Gasteiger partial charge in [0.15, 0.2) is 18.0 Å². The fourth-order valence-electron chi connectivity index (χ4n) is 2.78. The smallest absolute Gasteiger partial charge is 0.227 e. The molecule has 20 heavy (non-hydrogen) atoms. The lowest BCUT2D eigenvalue weighted by Crippen LogP contribution is -2.35. The minimum absolute atomic E-state index is 0.318. The molecule has 0 saturated carbocycles. The number of alkyl halides is 1. The molecule has 0 amide bonds. The maximum Gasteiger partial charge on any atom is 0.227 e. The van der Waals surface area contributed by atoms with Crippen molar-refractivity contribution in [3.63, 3.8) is 0 Å². The Morgan fingerprint density at radius 2 is 1.95 bits per heavy atom. The molecule has 1 aromatic carbocycles. The van der Waals surface area contributed by atoms with Crippen LogP contribution in [0.1, 0.15) is 19.4 Å². The first-order chi connectivity index (χ1) is 9.43. The molecule has 1 aromatic rings. The summed E-state index contributed by atoms with van der Waals surface area (Å²) >= 11 is 3.35. The van der Waals surface area contributed by atoms with Crippen molar-refractivity contribution in [1.82, 2.24) is 0 Å². The highest BCUT2D eigenvalue weighted by molar-refractivity contribution is 9.09. The molecule has 1 fully saturated rings. The number of nitrogens with zero attached hydrogens (tertiary/aromatic N) is 1. The molecule has 0 radical (unpaired) electrons. The average molecular weight is 344 g/mol. The summed E-state index contributed by atoms with van der Waals surface area (Å²) in [6.07, 6.45) is -0.738. The molecule has 3 rings (SSSR count). The highest BCUT2D eigenvalue weighted by Crippen LogP contribution is 2.37. The molecular formula is C14H15BrFNO3. The van der Waals surface area contributed by atoms with Crippen molar-refractivity contribution in [2.75, 3.05) is 5.33 Å². The molecule has 6 heteroatoms. The number of hydrogen-bond donors (Lipinski definition) is 0. The second-order valence-electron chi connectivity index (χ2n) is 5.46. The summed E-state index contributed by atoms with van der Waals surface area (Å²) in [5.74, 6) is -1.05. The van der Waals surface area contributed by atoms with Gasteiger partial charge in [-0.1, -0.05) is 15.9 Å². The predicted octanol–water partition coefficient (Wildman–Crippen LogP) is 2.42. The van der Waals surface area contributed by atoms with Crippen molar-refractivity contribution in [3.05, 3.63) is 40.9 Å². The average Bonchev–Trinajstić information content (AvgIpc) is 2.80. The van der Waals surface area contributed by atoms with E-state index in [-0.39, 0.29) is 18.0 Å². The van der Waals surface area contributed by atoms with E-state index in [1.807, 2.05) is 13.8 Å². The number of rotatable bonds is 2. The van der Waals surface area contributed by atoms with Crippen LogP contribution in [0.4, 0.5) is 4.39 Å². The molecule has 108 valence electrons. The van der Waals surface area contributed by atoms with Crippen LogP contribution in [-0.2, 0) is 9.47 Å². The topological polar surface area (TPSA) is 44.5 Å². The Labute approximate surface area is 124 Å². The fourth-order valence-corrected chi connectivity index (χ4v) is 3.41. The van der Waals surface area contributed by atoms with Crippen molar-refractivity contribution >= 4 is 21.6 Å². The van der Waals surface area contributed by atoms with Crippen molar-refractivity contribution < 1.29 is 18.6 Å². The Balaban J connectivity index is 2.03. The van der Waals surface area contributed by atoms with E-state index in [2.05, 4.69) is 15.9 Å². The largest absolute Gasteiger partial charge is 0.623 e. The van der Waals surface area contributed by atoms with Gasteiger partial charge in [0.25, 0.3) is 0 Å². The highest BCUT2D eigenvalue weighted by Gasteiger charge is 2.57. The number of hydroxylamine groups is 1. The minimum atomic E-state index is -0.720. The molecule has 2 aliphatic heterocycles. The lowest BCUT2D eigenvalue weighted by molar-refractivity contribution is -0.498. The second-order valence-corrected chi connectivity index (χ2v) is 6.11. The molecule has 2 aliphatic rings. The standard InChI is InChI=1S/C14H15BrFNO3/c1-14(2)19-12-10(7-15)17(18)11(13(12)20-14)8-3-5-9(16)6-4-8/h3-6,10,12-13H,7H2,1-2H3/t10-,12+,13-/m0/s1. The SMILES string of the molecule is CC1(C)O[C@H]2[C@@H](O1)C(c1ccc(F)cc1)=[N+]([O-])[C@H]2CBr. The summed E-state index contributed by atoms with van der Waals surface area (Å²) in [7, 11) is 0. The van der Waals surface area contributed by atoms with E-state index in [1.54, 1.807) is 12.1 Å². The van der Waals surface area contributed by atoms with Gasteiger partial charge in [-0.15, -0.1) is 0 Å². The van der Waals surface area contributed by atoms with Crippen LogP contribution in [0.2, 0.25) is 0 Å². The fraction of sp³-hybridized carbons (Fsp3) is 0.500. The van der Waals surface area contributed by atoms with Gasteiger partial charge in [-0.3, -0.25) is 0 Å². The van der Waals surface area contributed by atoms with Crippen molar-refractivity contribution in [1.29, 1.82) is 0 Å². The first-order valence-corrected chi connectivity index (χ1v) is 7.56. The van der Waals surface area contributed by atoms with Crippen LogP contribution in [0, 0.1) is 11.0 Å². The number of benzene rings is 1. The van der Waals surface area contributed by atoms with Gasteiger partial charge in [0, 0.05) is 5.56 Å². The van der Waals surface area contributed by atoms with Gasteiger partial charge in [-0.2, -0.15) is 4.74 Å². The normalized spacial score (nSPS) is 31.7. The zero-order valence-electron chi connectivity index (χ0n) is 11.2. The summed E-state index contributed by atoms with van der Waals surface area (Å²) in [6.45, 7) is 3.65. The van der Waals surface area contributed by atoms with Gasteiger partial charge in [0.2, 0.25) is 11.8 Å². The van der Waals surface area contributed by atoms with Gasteiger partial charge in [0.1, 0.15) is 5.82 Å². The van der Waals surface area contributed by atoms with Crippen molar-refractivity contribution in [2.24, 2.45) is 0 Å². The van der Waals surface area contributed by atoms with Crippen molar-refractivity contribution in [3.8, 4) is 0 Å². The van der Waals surface area contributed by atoms with E-state index in [9.17, 15) is 9.60 Å². The predicted molar refractivity (Wildman–Crippen MR) is 75.5 cm³/mol. The van der Waals surface area contributed by atoms with E-state index >= 15 is 0 Å². The highest BCUT2D eigenvalue weighted by atomic mass is 79.9. The first kappa shape index (κ1) is 14.0. The lowest BCUT2D eigenvalue weighted by atomic mass is 10.0. The summed E-state index contributed by atoms with van der Waals surface area (Å²) in [4.78, 5) is 0. The minimum Gasteiger partial charge on any atom is -0.623 e. The summed E-state index contributed by atoms with van der Waals surface area (Å²) in [5, 5.41) is 12.9. The van der Waals surface area contributed by atoms with Crippen LogP contribution in [-0.4, -0.2) is 39.8 Å². The molecule has 2 heterocycles. The number of ether oxygens (including phenoxy) is 2. The van der Waals surface area contributed by atoms with Crippen LogP contribution in [0.3, 0.4) is 0 Å². The Bertz CT molecular complexity index is 558. The maximum atomic E-state index is 13.0. The third kappa shape index (κ3) is 2.16. The molecule has 1 saturated heterocycles. The molecular weight excluding hydrogens is 329 g/mol. The first-order valence-electron chi connectivity index (χ1n) is 6.44.